The Bertz CT molecular complexity index is 368. The van der Waals surface area contributed by atoms with E-state index >= 15 is 0 Å². The van der Waals surface area contributed by atoms with Gasteiger partial charge in [0.1, 0.15) is 0 Å². The lowest BCUT2D eigenvalue weighted by Crippen LogP contribution is -2.16. The van der Waals surface area contributed by atoms with Gasteiger partial charge in [0, 0.05) is 0 Å². The molecular weight excluding hydrogens is 209 g/mol. The molecule has 0 aliphatic rings. The molecule has 3 nitrogen and oxygen atoms in total. The summed E-state index contributed by atoms with van der Waals surface area (Å²) in [6.07, 6.45) is 0. The lowest BCUT2D eigenvalue weighted by atomic mass is 10.1. The van der Waals surface area contributed by atoms with Crippen LogP contribution >= 0.6 is 11.6 Å². The highest BCUT2D eigenvalue weighted by atomic mass is 35.5. The molecule has 0 heterocycles. The Kier molecular flexibility index (Phi) is 3.43. The number of carbonyl (C=O) groups is 1. The molecule has 14 heavy (non-hydrogen) atoms. The molecule has 1 rings (SSSR count). The first-order valence-corrected chi connectivity index (χ1v) is 4.24. The van der Waals surface area contributed by atoms with Gasteiger partial charge in [-0.15, -0.1) is 0 Å². The molecule has 0 bridgehead atoms. The molecule has 0 aliphatic heterocycles. The van der Waals surface area contributed by atoms with Crippen molar-refractivity contribution in [3.05, 3.63) is 28.5 Å². The first-order chi connectivity index (χ1) is 6.61. The molecule has 1 aromatic carbocycles. The van der Waals surface area contributed by atoms with Crippen molar-refractivity contribution in [3.8, 4) is 5.75 Å². The Hall–Kier alpha value is -1.13. The van der Waals surface area contributed by atoms with Crippen LogP contribution in [0.4, 0.5) is 4.39 Å². The highest BCUT2D eigenvalue weighted by Crippen LogP contribution is 2.27. The molecule has 0 amide bonds. The average Bonchev–Trinajstić information content (AvgIpc) is 2.18. The minimum absolute atomic E-state index is 0.0220. The maximum absolute atomic E-state index is 13.5. The SMILES string of the molecule is COc1ccc(Cl)c(C(=O)CN)c1F. The molecule has 1 aromatic rings. The minimum Gasteiger partial charge on any atom is -0.494 e. The fraction of sp³-hybridized carbons (Fsp3) is 0.222. The van der Waals surface area contributed by atoms with E-state index in [2.05, 4.69) is 0 Å². The van der Waals surface area contributed by atoms with Crippen molar-refractivity contribution in [3.63, 3.8) is 0 Å². The van der Waals surface area contributed by atoms with Crippen molar-refractivity contribution in [1.82, 2.24) is 0 Å². The molecule has 5 heteroatoms. The number of hydrogen-bond acceptors (Lipinski definition) is 3. The van der Waals surface area contributed by atoms with Gasteiger partial charge in [-0.05, 0) is 12.1 Å². The predicted molar refractivity (Wildman–Crippen MR) is 51.3 cm³/mol. The van der Waals surface area contributed by atoms with Gasteiger partial charge >= 0.3 is 0 Å². The topological polar surface area (TPSA) is 52.3 Å². The van der Waals surface area contributed by atoms with Crippen molar-refractivity contribution in [1.29, 1.82) is 0 Å². The van der Waals surface area contributed by atoms with E-state index in [1.807, 2.05) is 0 Å². The predicted octanol–water partition coefficient (Wildman–Crippen LogP) is 1.63. The lowest BCUT2D eigenvalue weighted by molar-refractivity contribution is 0.0997. The van der Waals surface area contributed by atoms with Gasteiger partial charge in [-0.25, -0.2) is 4.39 Å². The van der Waals surface area contributed by atoms with Gasteiger partial charge in [-0.2, -0.15) is 0 Å². The van der Waals surface area contributed by atoms with E-state index in [4.69, 9.17) is 22.1 Å². The summed E-state index contributed by atoms with van der Waals surface area (Å²) >= 11 is 5.66. The molecule has 0 atom stereocenters. The lowest BCUT2D eigenvalue weighted by Gasteiger charge is -2.07. The van der Waals surface area contributed by atoms with E-state index in [0.717, 1.165) is 0 Å². The smallest absolute Gasteiger partial charge is 0.180 e. The first kappa shape index (κ1) is 10.9. The molecule has 0 fully saturated rings. The second kappa shape index (κ2) is 4.39. The van der Waals surface area contributed by atoms with Crippen LogP contribution in [0.15, 0.2) is 12.1 Å². The number of halogens is 2. The van der Waals surface area contributed by atoms with Crippen LogP contribution in [-0.4, -0.2) is 19.4 Å². The quantitative estimate of drug-likeness (QED) is 0.783. The van der Waals surface area contributed by atoms with Gasteiger partial charge < -0.3 is 10.5 Å². The molecule has 0 aliphatic carbocycles. The maximum Gasteiger partial charge on any atom is 0.180 e. The van der Waals surface area contributed by atoms with Crippen molar-refractivity contribution in [2.45, 2.75) is 0 Å². The summed E-state index contributed by atoms with van der Waals surface area (Å²) in [4.78, 5) is 11.2. The largest absolute Gasteiger partial charge is 0.494 e. The third kappa shape index (κ3) is 1.86. The highest BCUT2D eigenvalue weighted by molar-refractivity contribution is 6.34. The Labute approximate surface area is 85.6 Å². The summed E-state index contributed by atoms with van der Waals surface area (Å²) in [5.41, 5.74) is 4.90. The second-order valence-corrected chi connectivity index (χ2v) is 2.97. The van der Waals surface area contributed by atoms with E-state index in [1.165, 1.54) is 19.2 Å². The summed E-state index contributed by atoms with van der Waals surface area (Å²) in [5, 5.41) is 0.0405. The van der Waals surface area contributed by atoms with E-state index in [-0.39, 0.29) is 22.9 Å². The second-order valence-electron chi connectivity index (χ2n) is 2.57. The molecule has 0 saturated heterocycles. The van der Waals surface area contributed by atoms with Crippen molar-refractivity contribution < 1.29 is 13.9 Å². The first-order valence-electron chi connectivity index (χ1n) is 3.87. The molecule has 0 aromatic heterocycles. The molecule has 0 unspecified atom stereocenters. The van der Waals surface area contributed by atoms with Gasteiger partial charge in [0.15, 0.2) is 17.3 Å². The van der Waals surface area contributed by atoms with Gasteiger partial charge in [0.25, 0.3) is 0 Å². The molecule has 2 N–H and O–H groups in total. The van der Waals surface area contributed by atoms with E-state index in [9.17, 15) is 9.18 Å². The summed E-state index contributed by atoms with van der Waals surface area (Å²) in [7, 11) is 1.31. The maximum atomic E-state index is 13.5. The summed E-state index contributed by atoms with van der Waals surface area (Å²) < 4.78 is 18.2. The van der Waals surface area contributed by atoms with Crippen molar-refractivity contribution in [2.24, 2.45) is 5.73 Å². The fourth-order valence-electron chi connectivity index (χ4n) is 1.05. The normalized spacial score (nSPS) is 10.0. The molecule has 0 radical (unpaired) electrons. The zero-order valence-electron chi connectivity index (χ0n) is 7.51. The van der Waals surface area contributed by atoms with Crippen LogP contribution in [0.1, 0.15) is 10.4 Å². The Morgan fingerprint density at radius 3 is 2.79 bits per heavy atom. The van der Waals surface area contributed by atoms with Crippen LogP contribution in [0.3, 0.4) is 0 Å². The Balaban J connectivity index is 3.32. The number of benzene rings is 1. The van der Waals surface area contributed by atoms with Crippen LogP contribution in [-0.2, 0) is 0 Å². The van der Waals surface area contributed by atoms with E-state index in [0.29, 0.717) is 0 Å². The number of Topliss-reactive ketones (excluding diaryl/α,β-unsaturated/α-hetero) is 1. The van der Waals surface area contributed by atoms with E-state index < -0.39 is 11.6 Å². The molecule has 0 saturated carbocycles. The number of hydrogen-bond donors (Lipinski definition) is 1. The van der Waals surface area contributed by atoms with Crippen LogP contribution < -0.4 is 10.5 Å². The summed E-state index contributed by atoms with van der Waals surface area (Å²) in [6, 6.07) is 2.75. The highest BCUT2D eigenvalue weighted by Gasteiger charge is 2.18. The van der Waals surface area contributed by atoms with Crippen LogP contribution in [0.25, 0.3) is 0 Å². The van der Waals surface area contributed by atoms with Crippen LogP contribution in [0.2, 0.25) is 5.02 Å². The van der Waals surface area contributed by atoms with Gasteiger partial charge in [0.2, 0.25) is 0 Å². The standard InChI is InChI=1S/C9H9ClFNO2/c1-14-7-3-2-5(10)8(9(7)11)6(13)4-12/h2-3H,4,12H2,1H3. The van der Waals surface area contributed by atoms with Gasteiger partial charge in [-0.3, -0.25) is 4.79 Å². The number of nitrogens with two attached hydrogens (primary N) is 1. The number of ketones is 1. The number of methoxy groups -OCH3 is 1. The Morgan fingerprint density at radius 2 is 2.29 bits per heavy atom. The van der Waals surface area contributed by atoms with Gasteiger partial charge in [0.05, 0.1) is 24.2 Å². The molecule has 76 valence electrons. The summed E-state index contributed by atoms with van der Waals surface area (Å²) in [6.45, 7) is -0.288. The summed E-state index contributed by atoms with van der Waals surface area (Å²) in [5.74, 6) is -1.34. The Morgan fingerprint density at radius 1 is 1.64 bits per heavy atom. The van der Waals surface area contributed by atoms with E-state index in [1.54, 1.807) is 0 Å². The number of ether oxygens (including phenoxy) is 1. The minimum atomic E-state index is -0.768. The zero-order valence-corrected chi connectivity index (χ0v) is 8.27. The fourth-order valence-corrected chi connectivity index (χ4v) is 1.30. The van der Waals surface area contributed by atoms with Crippen molar-refractivity contribution in [2.75, 3.05) is 13.7 Å². The average molecular weight is 218 g/mol. The monoisotopic (exact) mass is 217 g/mol. The van der Waals surface area contributed by atoms with Crippen LogP contribution in [0.5, 0.6) is 5.75 Å². The zero-order chi connectivity index (χ0) is 10.7. The van der Waals surface area contributed by atoms with Gasteiger partial charge in [-0.1, -0.05) is 11.6 Å². The van der Waals surface area contributed by atoms with Crippen LogP contribution in [0, 0.1) is 5.82 Å². The molecule has 0 spiro atoms. The third-order valence-electron chi connectivity index (χ3n) is 1.74. The van der Waals surface area contributed by atoms with Crippen molar-refractivity contribution >= 4 is 17.4 Å². The number of rotatable bonds is 3. The number of carbonyl (C=O) groups excluding carboxylic acids is 1. The third-order valence-corrected chi connectivity index (χ3v) is 2.05. The molecular formula is C9H9ClFNO2.